The van der Waals surface area contributed by atoms with Gasteiger partial charge < -0.3 is 19.7 Å². The summed E-state index contributed by atoms with van der Waals surface area (Å²) < 4.78 is 40.4. The summed E-state index contributed by atoms with van der Waals surface area (Å²) in [7, 11) is -1.41. The van der Waals surface area contributed by atoms with Crippen LogP contribution < -0.4 is 19.1 Å². The maximum Gasteiger partial charge on any atom is 0.264 e. The molecule has 0 spiro atoms. The van der Waals surface area contributed by atoms with Crippen LogP contribution in [0.2, 0.25) is 0 Å². The van der Waals surface area contributed by atoms with Gasteiger partial charge in [0.2, 0.25) is 11.8 Å². The third kappa shape index (κ3) is 8.71. The van der Waals surface area contributed by atoms with Crippen molar-refractivity contribution >= 4 is 27.5 Å². The van der Waals surface area contributed by atoms with Gasteiger partial charge in [0.1, 0.15) is 12.6 Å². The highest BCUT2D eigenvalue weighted by Gasteiger charge is 2.35. The fraction of sp³-hybridized carbons (Fsp3) is 0.297. The Labute approximate surface area is 278 Å². The number of para-hydroxylation sites is 1. The van der Waals surface area contributed by atoms with Crippen LogP contribution in [0.5, 0.6) is 11.5 Å². The quantitative estimate of drug-likeness (QED) is 0.174. The number of nitrogens with zero attached hydrogens (tertiary/aromatic N) is 2. The largest absolute Gasteiger partial charge is 0.493 e. The molecule has 0 fully saturated rings. The maximum absolute atomic E-state index is 14.6. The third-order valence-electron chi connectivity index (χ3n) is 8.14. The van der Waals surface area contributed by atoms with Crippen LogP contribution in [0.4, 0.5) is 5.69 Å². The molecule has 4 aromatic carbocycles. The molecule has 0 aliphatic carbocycles. The summed E-state index contributed by atoms with van der Waals surface area (Å²) >= 11 is 0. The van der Waals surface area contributed by atoms with Crippen LogP contribution in [0.15, 0.2) is 108 Å². The first-order valence-corrected chi connectivity index (χ1v) is 17.0. The van der Waals surface area contributed by atoms with Gasteiger partial charge in [-0.3, -0.25) is 13.9 Å². The SMILES string of the molecule is CC[C@@H](C)NC(=O)[C@@H](Cc1ccccc1)N(Cc1ccccc1C)C(=O)CN(c1ccccc1)S(=O)(=O)c1ccc(OC)c(OC)c1. The van der Waals surface area contributed by atoms with Crippen LogP contribution in [-0.4, -0.2) is 58.0 Å². The van der Waals surface area contributed by atoms with E-state index < -0.39 is 28.5 Å². The minimum atomic E-state index is -4.30. The lowest BCUT2D eigenvalue weighted by Gasteiger charge is -2.34. The summed E-state index contributed by atoms with van der Waals surface area (Å²) in [4.78, 5) is 30.0. The second-order valence-corrected chi connectivity index (χ2v) is 13.2. The molecule has 2 amide bonds. The van der Waals surface area contributed by atoms with Crippen LogP contribution in [0.25, 0.3) is 0 Å². The molecule has 0 aliphatic rings. The fourth-order valence-electron chi connectivity index (χ4n) is 5.19. The molecule has 248 valence electrons. The number of anilines is 1. The highest BCUT2D eigenvalue weighted by atomic mass is 32.2. The van der Waals surface area contributed by atoms with Crippen LogP contribution in [0, 0.1) is 6.92 Å². The predicted molar refractivity (Wildman–Crippen MR) is 184 cm³/mol. The Hall–Kier alpha value is -4.83. The number of benzene rings is 4. The van der Waals surface area contributed by atoms with Crippen LogP contribution in [-0.2, 0) is 32.6 Å². The van der Waals surface area contributed by atoms with Gasteiger partial charge in [-0.05, 0) is 61.2 Å². The van der Waals surface area contributed by atoms with Gasteiger partial charge in [-0.1, -0.05) is 79.7 Å². The predicted octanol–water partition coefficient (Wildman–Crippen LogP) is 5.76. The zero-order chi connectivity index (χ0) is 34.0. The van der Waals surface area contributed by atoms with Gasteiger partial charge >= 0.3 is 0 Å². The normalized spacial score (nSPS) is 12.4. The second kappa shape index (κ2) is 16.1. The zero-order valence-corrected chi connectivity index (χ0v) is 28.4. The Balaban J connectivity index is 1.82. The lowest BCUT2D eigenvalue weighted by Crippen LogP contribution is -2.54. The molecular formula is C37H43N3O6S. The first-order valence-electron chi connectivity index (χ1n) is 15.6. The number of methoxy groups -OCH3 is 2. The molecule has 1 N–H and O–H groups in total. The number of aryl methyl sites for hydroxylation is 1. The first-order chi connectivity index (χ1) is 22.6. The van der Waals surface area contributed by atoms with Gasteiger partial charge in [-0.25, -0.2) is 8.42 Å². The molecule has 4 rings (SSSR count). The van der Waals surface area contributed by atoms with Crippen molar-refractivity contribution in [1.29, 1.82) is 0 Å². The maximum atomic E-state index is 14.6. The average molecular weight is 658 g/mol. The first kappa shape index (κ1) is 35.0. The van der Waals surface area contributed by atoms with Crippen molar-refractivity contribution < 1.29 is 27.5 Å². The van der Waals surface area contributed by atoms with Gasteiger partial charge in [-0.2, -0.15) is 0 Å². The molecule has 0 saturated heterocycles. The Morgan fingerprint density at radius 1 is 0.830 bits per heavy atom. The summed E-state index contributed by atoms with van der Waals surface area (Å²) in [6.45, 7) is 5.40. The number of rotatable bonds is 15. The summed E-state index contributed by atoms with van der Waals surface area (Å²) in [5.41, 5.74) is 2.97. The molecule has 4 aromatic rings. The molecular weight excluding hydrogens is 614 g/mol. The van der Waals surface area contributed by atoms with Gasteiger partial charge in [-0.15, -0.1) is 0 Å². The lowest BCUT2D eigenvalue weighted by atomic mass is 10.0. The van der Waals surface area contributed by atoms with Crippen molar-refractivity contribution in [3.8, 4) is 11.5 Å². The third-order valence-corrected chi connectivity index (χ3v) is 9.91. The van der Waals surface area contributed by atoms with E-state index in [1.54, 1.807) is 30.3 Å². The van der Waals surface area contributed by atoms with Crippen molar-refractivity contribution in [2.45, 2.75) is 57.1 Å². The zero-order valence-electron chi connectivity index (χ0n) is 27.6. The monoisotopic (exact) mass is 657 g/mol. The number of hydrogen-bond donors (Lipinski definition) is 1. The van der Waals surface area contributed by atoms with E-state index >= 15 is 0 Å². The Kier molecular flexibility index (Phi) is 12.0. The lowest BCUT2D eigenvalue weighted by molar-refractivity contribution is -0.140. The van der Waals surface area contributed by atoms with Crippen molar-refractivity contribution in [1.82, 2.24) is 10.2 Å². The molecule has 47 heavy (non-hydrogen) atoms. The molecule has 0 heterocycles. The second-order valence-electron chi connectivity index (χ2n) is 11.3. The van der Waals surface area contributed by atoms with Crippen LogP contribution in [0.3, 0.4) is 0 Å². The average Bonchev–Trinajstić information content (AvgIpc) is 3.09. The summed E-state index contributed by atoms with van der Waals surface area (Å²) in [5.74, 6) is -0.228. The van der Waals surface area contributed by atoms with E-state index in [1.807, 2.05) is 75.4 Å². The Morgan fingerprint density at radius 3 is 2.06 bits per heavy atom. The molecule has 9 nitrogen and oxygen atoms in total. The number of carbonyl (C=O) groups excluding carboxylic acids is 2. The van der Waals surface area contributed by atoms with E-state index in [1.165, 1.54) is 37.3 Å². The van der Waals surface area contributed by atoms with Crippen molar-refractivity contribution in [3.05, 3.63) is 120 Å². The van der Waals surface area contributed by atoms with Gasteiger partial charge in [0.15, 0.2) is 11.5 Å². The van der Waals surface area contributed by atoms with E-state index in [0.717, 1.165) is 21.0 Å². The summed E-state index contributed by atoms with van der Waals surface area (Å²) in [6.07, 6.45) is 0.954. The summed E-state index contributed by atoms with van der Waals surface area (Å²) in [5, 5.41) is 3.06. The molecule has 0 unspecified atom stereocenters. The number of sulfonamides is 1. The number of ether oxygens (including phenoxy) is 2. The van der Waals surface area contributed by atoms with E-state index in [4.69, 9.17) is 9.47 Å². The number of carbonyl (C=O) groups is 2. The summed E-state index contributed by atoms with van der Waals surface area (Å²) in [6, 6.07) is 28.9. The minimum absolute atomic E-state index is 0.0763. The topological polar surface area (TPSA) is 105 Å². The van der Waals surface area contributed by atoms with Crippen molar-refractivity contribution in [2.24, 2.45) is 0 Å². The molecule has 0 radical (unpaired) electrons. The van der Waals surface area contributed by atoms with Crippen LogP contribution >= 0.6 is 0 Å². The van der Waals surface area contributed by atoms with Gasteiger partial charge in [0.25, 0.3) is 10.0 Å². The smallest absolute Gasteiger partial charge is 0.264 e. The molecule has 0 saturated carbocycles. The molecule has 2 atom stereocenters. The van der Waals surface area contributed by atoms with E-state index in [2.05, 4.69) is 5.32 Å². The van der Waals surface area contributed by atoms with Crippen molar-refractivity contribution in [2.75, 3.05) is 25.1 Å². The number of amides is 2. The Morgan fingerprint density at radius 2 is 1.45 bits per heavy atom. The standard InChI is InChI=1S/C37H43N3O6S/c1-6-28(3)38-37(42)33(23-29-16-9-7-10-17-29)39(25-30-18-14-13-15-27(30)2)36(41)26-40(31-19-11-8-12-20-31)47(43,44)32-21-22-34(45-4)35(24-32)46-5/h7-22,24,28,33H,6,23,25-26H2,1-5H3,(H,38,42)/t28-,33-/m1/s1. The van der Waals surface area contributed by atoms with E-state index in [9.17, 15) is 18.0 Å². The molecule has 0 aromatic heterocycles. The minimum Gasteiger partial charge on any atom is -0.493 e. The number of nitrogens with one attached hydrogen (secondary N) is 1. The van der Waals surface area contributed by atoms with Crippen LogP contribution in [0.1, 0.15) is 37.0 Å². The van der Waals surface area contributed by atoms with Gasteiger partial charge in [0.05, 0.1) is 24.8 Å². The van der Waals surface area contributed by atoms with E-state index in [-0.39, 0.29) is 35.6 Å². The van der Waals surface area contributed by atoms with Gasteiger partial charge in [0, 0.05) is 25.1 Å². The molecule has 0 bridgehead atoms. The molecule has 10 heteroatoms. The Bertz CT molecular complexity index is 1750. The highest BCUT2D eigenvalue weighted by molar-refractivity contribution is 7.92. The highest BCUT2D eigenvalue weighted by Crippen LogP contribution is 2.32. The fourth-order valence-corrected chi connectivity index (χ4v) is 6.62. The van der Waals surface area contributed by atoms with Crippen molar-refractivity contribution in [3.63, 3.8) is 0 Å². The molecule has 0 aliphatic heterocycles. The van der Waals surface area contributed by atoms with E-state index in [0.29, 0.717) is 17.9 Å². The number of hydrogen-bond acceptors (Lipinski definition) is 6.